The van der Waals surface area contributed by atoms with E-state index in [1.807, 2.05) is 25.2 Å². The van der Waals surface area contributed by atoms with Gasteiger partial charge in [0.1, 0.15) is 0 Å². The Morgan fingerprint density at radius 1 is 1.50 bits per heavy atom. The van der Waals surface area contributed by atoms with Gasteiger partial charge in [-0.2, -0.15) is 0 Å². The minimum Gasteiger partial charge on any atom is -0.389 e. The first-order valence-electron chi connectivity index (χ1n) is 2.65. The molecule has 0 fully saturated rings. The van der Waals surface area contributed by atoms with Gasteiger partial charge in [0.2, 0.25) is 0 Å². The molecule has 0 radical (unpaired) electrons. The fraction of sp³-hybridized carbons (Fsp3) is 0.667. The monoisotopic (exact) mass is 115 g/mol. The highest BCUT2D eigenvalue weighted by molar-refractivity contribution is 4.83. The molecule has 8 heavy (non-hydrogen) atoms. The highest BCUT2D eigenvalue weighted by Gasteiger charge is 1.83. The fourth-order valence-corrected chi connectivity index (χ4v) is 0.297. The third-order valence-electron chi connectivity index (χ3n) is 0.663. The van der Waals surface area contributed by atoms with E-state index in [9.17, 15) is 0 Å². The lowest BCUT2D eigenvalue weighted by molar-refractivity contribution is 0.242. The first-order chi connectivity index (χ1) is 3.63. The zero-order valence-corrected chi connectivity index (χ0v) is 5.63. The number of hydrogen-bond acceptors (Lipinski definition) is 2. The maximum absolute atomic E-state index is 8.69. The van der Waals surface area contributed by atoms with Crippen LogP contribution in [0.2, 0.25) is 0 Å². The van der Waals surface area contributed by atoms with Gasteiger partial charge in [-0.3, -0.25) is 0 Å². The second kappa shape index (κ2) is 3.50. The van der Waals surface area contributed by atoms with Crippen LogP contribution in [-0.4, -0.2) is 30.2 Å². The van der Waals surface area contributed by atoms with E-state index in [1.165, 1.54) is 0 Å². The van der Waals surface area contributed by atoms with E-state index in [-0.39, 0.29) is 6.10 Å². The first kappa shape index (κ1) is 7.50. The average Bonchev–Trinajstić information content (AvgIpc) is 1.61. The van der Waals surface area contributed by atoms with Gasteiger partial charge in [0, 0.05) is 14.1 Å². The van der Waals surface area contributed by atoms with E-state index in [0.29, 0.717) is 0 Å². The zero-order chi connectivity index (χ0) is 6.57. The molecule has 0 aliphatic heterocycles. The van der Waals surface area contributed by atoms with E-state index in [1.54, 1.807) is 13.0 Å². The average molecular weight is 115 g/mol. The van der Waals surface area contributed by atoms with Crippen LogP contribution in [0.25, 0.3) is 0 Å². The molecule has 0 aromatic carbocycles. The molecule has 0 rings (SSSR count). The first-order valence-corrected chi connectivity index (χ1v) is 2.65. The molecule has 1 atom stereocenters. The molecule has 0 saturated heterocycles. The summed E-state index contributed by atoms with van der Waals surface area (Å²) in [6.45, 7) is 1.72. The molecule has 0 heterocycles. The van der Waals surface area contributed by atoms with Gasteiger partial charge >= 0.3 is 0 Å². The highest BCUT2D eigenvalue weighted by atomic mass is 16.3. The standard InChI is InChI=1S/C6H13NO/c1-6(8)4-5-7(2)3/h4-6,8H,1-3H3/b5-4+/t6-/m0/s1. The second-order valence-electron chi connectivity index (χ2n) is 2.05. The van der Waals surface area contributed by atoms with Crippen LogP contribution >= 0.6 is 0 Å². The van der Waals surface area contributed by atoms with E-state index in [0.717, 1.165) is 0 Å². The Bertz CT molecular complexity index is 66.6. The Balaban J connectivity index is 3.34. The number of aliphatic hydroxyl groups is 1. The fourth-order valence-electron chi connectivity index (χ4n) is 0.297. The Morgan fingerprint density at radius 2 is 2.00 bits per heavy atom. The van der Waals surface area contributed by atoms with Crippen molar-refractivity contribution in [1.29, 1.82) is 0 Å². The third-order valence-corrected chi connectivity index (χ3v) is 0.663. The van der Waals surface area contributed by atoms with Crippen molar-refractivity contribution in [3.63, 3.8) is 0 Å². The molecule has 1 N–H and O–H groups in total. The number of nitrogens with zero attached hydrogens (tertiary/aromatic N) is 1. The lowest BCUT2D eigenvalue weighted by Crippen LogP contribution is -2.03. The Kier molecular flexibility index (Phi) is 3.28. The van der Waals surface area contributed by atoms with E-state index in [2.05, 4.69) is 0 Å². The molecule has 2 nitrogen and oxygen atoms in total. The summed E-state index contributed by atoms with van der Waals surface area (Å²) in [7, 11) is 3.83. The largest absolute Gasteiger partial charge is 0.389 e. The Hall–Kier alpha value is -0.500. The van der Waals surface area contributed by atoms with Gasteiger partial charge in [0.25, 0.3) is 0 Å². The van der Waals surface area contributed by atoms with Crippen molar-refractivity contribution in [2.24, 2.45) is 0 Å². The lowest BCUT2D eigenvalue weighted by Gasteiger charge is -2.03. The Morgan fingerprint density at radius 3 is 2.12 bits per heavy atom. The van der Waals surface area contributed by atoms with Crippen LogP contribution in [0.3, 0.4) is 0 Å². The number of aliphatic hydroxyl groups excluding tert-OH is 1. The van der Waals surface area contributed by atoms with Crippen molar-refractivity contribution < 1.29 is 5.11 Å². The third kappa shape index (κ3) is 5.50. The van der Waals surface area contributed by atoms with E-state index >= 15 is 0 Å². The molecule has 0 aromatic rings. The molecule has 0 aliphatic rings. The second-order valence-corrected chi connectivity index (χ2v) is 2.05. The summed E-state index contributed by atoms with van der Waals surface area (Å²) in [6.07, 6.45) is 3.21. The lowest BCUT2D eigenvalue weighted by atomic mass is 10.4. The van der Waals surface area contributed by atoms with Crippen molar-refractivity contribution in [2.45, 2.75) is 13.0 Å². The predicted octanol–water partition coefficient (Wildman–Crippen LogP) is 0.442. The van der Waals surface area contributed by atoms with Gasteiger partial charge in [0.05, 0.1) is 6.10 Å². The number of hydrogen-bond donors (Lipinski definition) is 1. The highest BCUT2D eigenvalue weighted by Crippen LogP contribution is 1.83. The summed E-state index contributed by atoms with van der Waals surface area (Å²) < 4.78 is 0. The smallest absolute Gasteiger partial charge is 0.0709 e. The van der Waals surface area contributed by atoms with Gasteiger partial charge in [-0.25, -0.2) is 0 Å². The molecule has 0 amide bonds. The quantitative estimate of drug-likeness (QED) is 0.564. The van der Waals surface area contributed by atoms with Gasteiger partial charge in [-0.15, -0.1) is 0 Å². The van der Waals surface area contributed by atoms with Crippen molar-refractivity contribution in [2.75, 3.05) is 14.1 Å². The van der Waals surface area contributed by atoms with Crippen molar-refractivity contribution in [1.82, 2.24) is 4.90 Å². The SMILES string of the molecule is C[C@H](O)/C=C/N(C)C. The molecule has 0 aromatic heterocycles. The molecular formula is C6H13NO. The van der Waals surface area contributed by atoms with Crippen LogP contribution in [0.1, 0.15) is 6.92 Å². The van der Waals surface area contributed by atoms with Gasteiger partial charge in [-0.05, 0) is 19.2 Å². The molecule has 0 aliphatic carbocycles. The van der Waals surface area contributed by atoms with E-state index < -0.39 is 0 Å². The van der Waals surface area contributed by atoms with Crippen LogP contribution in [0.15, 0.2) is 12.3 Å². The summed E-state index contributed by atoms with van der Waals surface area (Å²) in [4.78, 5) is 1.88. The Labute approximate surface area is 50.4 Å². The topological polar surface area (TPSA) is 23.5 Å². The van der Waals surface area contributed by atoms with Gasteiger partial charge in [0.15, 0.2) is 0 Å². The molecule has 2 heteroatoms. The number of rotatable bonds is 2. The minimum absolute atomic E-state index is 0.336. The molecule has 0 saturated carbocycles. The summed E-state index contributed by atoms with van der Waals surface area (Å²) >= 11 is 0. The van der Waals surface area contributed by atoms with Crippen LogP contribution in [0.4, 0.5) is 0 Å². The summed E-state index contributed by atoms with van der Waals surface area (Å²) in [5.74, 6) is 0. The van der Waals surface area contributed by atoms with Crippen LogP contribution in [0.5, 0.6) is 0 Å². The van der Waals surface area contributed by atoms with Crippen molar-refractivity contribution in [3.8, 4) is 0 Å². The predicted molar refractivity (Wildman–Crippen MR) is 34.5 cm³/mol. The molecule has 0 bridgehead atoms. The summed E-state index contributed by atoms with van der Waals surface area (Å²) in [5.41, 5.74) is 0. The normalized spacial score (nSPS) is 14.5. The van der Waals surface area contributed by atoms with Gasteiger partial charge < -0.3 is 10.0 Å². The molecule has 0 unspecified atom stereocenters. The van der Waals surface area contributed by atoms with Crippen LogP contribution in [0, 0.1) is 0 Å². The minimum atomic E-state index is -0.336. The molecular weight excluding hydrogens is 102 g/mol. The van der Waals surface area contributed by atoms with Crippen LogP contribution < -0.4 is 0 Å². The maximum atomic E-state index is 8.69. The van der Waals surface area contributed by atoms with Crippen LogP contribution in [-0.2, 0) is 0 Å². The molecule has 0 spiro atoms. The van der Waals surface area contributed by atoms with Crippen molar-refractivity contribution >= 4 is 0 Å². The summed E-state index contributed by atoms with van der Waals surface area (Å²) in [6, 6.07) is 0. The van der Waals surface area contributed by atoms with E-state index in [4.69, 9.17) is 5.11 Å². The summed E-state index contributed by atoms with van der Waals surface area (Å²) in [5, 5.41) is 8.69. The van der Waals surface area contributed by atoms with Gasteiger partial charge in [-0.1, -0.05) is 0 Å². The zero-order valence-electron chi connectivity index (χ0n) is 5.63. The van der Waals surface area contributed by atoms with Crippen molar-refractivity contribution in [3.05, 3.63) is 12.3 Å². The molecule has 48 valence electrons. The maximum Gasteiger partial charge on any atom is 0.0709 e.